The van der Waals surface area contributed by atoms with Crippen molar-refractivity contribution >= 4 is 0 Å². The van der Waals surface area contributed by atoms with Crippen molar-refractivity contribution in [3.8, 4) is 11.5 Å². The molecule has 0 spiro atoms. The van der Waals surface area contributed by atoms with Gasteiger partial charge in [0.05, 0.1) is 20.3 Å². The second kappa shape index (κ2) is 4.94. The minimum Gasteiger partial charge on any atom is -0.497 e. The molecule has 0 bridgehead atoms. The van der Waals surface area contributed by atoms with Gasteiger partial charge >= 0.3 is 0 Å². The molecule has 1 aromatic rings. The summed E-state index contributed by atoms with van der Waals surface area (Å²) in [5.41, 5.74) is 0.962. The third kappa shape index (κ3) is 2.37. The zero-order valence-electron chi connectivity index (χ0n) is 10.6. The van der Waals surface area contributed by atoms with E-state index in [9.17, 15) is 0 Å². The van der Waals surface area contributed by atoms with E-state index in [-0.39, 0.29) is 18.5 Å². The fourth-order valence-electron chi connectivity index (χ4n) is 2.11. The molecule has 0 aliphatic carbocycles. The van der Waals surface area contributed by atoms with Crippen LogP contribution in [0.1, 0.15) is 25.5 Å². The Kier molecular flexibility index (Phi) is 3.54. The smallest absolute Gasteiger partial charge is 0.156 e. The Hall–Kier alpha value is -1.26. The normalized spacial score (nSPS) is 28.1. The Morgan fingerprint density at radius 1 is 1.06 bits per heavy atom. The minimum absolute atomic E-state index is 0.00556. The Morgan fingerprint density at radius 2 is 1.82 bits per heavy atom. The van der Waals surface area contributed by atoms with Crippen LogP contribution in [0, 0.1) is 0 Å². The molecule has 3 atom stereocenters. The summed E-state index contributed by atoms with van der Waals surface area (Å²) >= 11 is 0. The largest absolute Gasteiger partial charge is 0.497 e. The van der Waals surface area contributed by atoms with Crippen molar-refractivity contribution < 1.29 is 18.9 Å². The number of benzene rings is 1. The molecule has 0 saturated carbocycles. The summed E-state index contributed by atoms with van der Waals surface area (Å²) < 4.78 is 21.9. The zero-order chi connectivity index (χ0) is 12.4. The van der Waals surface area contributed by atoms with Crippen LogP contribution in [0.5, 0.6) is 11.5 Å². The van der Waals surface area contributed by atoms with Crippen molar-refractivity contribution in [2.75, 3.05) is 14.2 Å². The molecule has 1 fully saturated rings. The van der Waals surface area contributed by atoms with E-state index in [1.54, 1.807) is 14.2 Å². The summed E-state index contributed by atoms with van der Waals surface area (Å²) in [5.74, 6) is 1.58. The Bertz CT molecular complexity index is 391. The molecule has 2 rings (SSSR count). The van der Waals surface area contributed by atoms with Crippen LogP contribution in [0.15, 0.2) is 18.2 Å². The van der Waals surface area contributed by atoms with Crippen LogP contribution in [-0.4, -0.2) is 26.6 Å². The van der Waals surface area contributed by atoms with E-state index in [1.807, 2.05) is 32.0 Å². The van der Waals surface area contributed by atoms with E-state index < -0.39 is 0 Å². The lowest BCUT2D eigenvalue weighted by Crippen LogP contribution is -2.11. The maximum absolute atomic E-state index is 5.74. The van der Waals surface area contributed by atoms with E-state index in [0.717, 1.165) is 17.1 Å². The highest BCUT2D eigenvalue weighted by Crippen LogP contribution is 2.38. The average Bonchev–Trinajstić information content (AvgIpc) is 2.67. The number of methoxy groups -OCH3 is 2. The first-order valence-electron chi connectivity index (χ1n) is 5.68. The quantitative estimate of drug-likeness (QED) is 0.810. The molecule has 0 radical (unpaired) electrons. The Morgan fingerprint density at radius 3 is 2.35 bits per heavy atom. The van der Waals surface area contributed by atoms with E-state index in [0.29, 0.717) is 0 Å². The highest BCUT2D eigenvalue weighted by Gasteiger charge is 2.33. The molecule has 0 unspecified atom stereocenters. The molecule has 4 heteroatoms. The van der Waals surface area contributed by atoms with Gasteiger partial charge in [-0.2, -0.15) is 0 Å². The van der Waals surface area contributed by atoms with Gasteiger partial charge in [0.25, 0.3) is 0 Å². The molecule has 0 N–H and O–H groups in total. The van der Waals surface area contributed by atoms with Crippen molar-refractivity contribution in [3.63, 3.8) is 0 Å². The first-order valence-corrected chi connectivity index (χ1v) is 5.68. The lowest BCUT2D eigenvalue weighted by atomic mass is 10.0. The first kappa shape index (κ1) is 12.2. The van der Waals surface area contributed by atoms with Crippen molar-refractivity contribution in [2.24, 2.45) is 0 Å². The topological polar surface area (TPSA) is 36.9 Å². The van der Waals surface area contributed by atoms with Crippen molar-refractivity contribution in [1.29, 1.82) is 0 Å². The summed E-state index contributed by atoms with van der Waals surface area (Å²) in [5, 5.41) is 0. The van der Waals surface area contributed by atoms with Gasteiger partial charge in [0.2, 0.25) is 0 Å². The molecule has 1 aliphatic heterocycles. The first-order chi connectivity index (χ1) is 8.15. The van der Waals surface area contributed by atoms with Crippen LogP contribution in [0.2, 0.25) is 0 Å². The number of hydrogen-bond acceptors (Lipinski definition) is 4. The number of rotatable bonds is 3. The molecule has 0 amide bonds. The third-order valence-electron chi connectivity index (χ3n) is 2.91. The number of ether oxygens (including phenoxy) is 4. The van der Waals surface area contributed by atoms with Gasteiger partial charge in [-0.25, -0.2) is 0 Å². The Labute approximate surface area is 101 Å². The molecule has 94 valence electrons. The predicted octanol–water partition coefficient (Wildman–Crippen LogP) is 2.53. The van der Waals surface area contributed by atoms with Gasteiger partial charge in [0.1, 0.15) is 17.6 Å². The minimum atomic E-state index is -0.189. The molecule has 1 aromatic carbocycles. The van der Waals surface area contributed by atoms with Gasteiger partial charge in [-0.15, -0.1) is 0 Å². The van der Waals surface area contributed by atoms with E-state index in [2.05, 4.69) is 0 Å². The summed E-state index contributed by atoms with van der Waals surface area (Å²) in [4.78, 5) is 0. The van der Waals surface area contributed by atoms with Crippen LogP contribution < -0.4 is 9.47 Å². The highest BCUT2D eigenvalue weighted by molar-refractivity contribution is 5.42. The van der Waals surface area contributed by atoms with Gasteiger partial charge in [-0.3, -0.25) is 0 Å². The van der Waals surface area contributed by atoms with Crippen LogP contribution >= 0.6 is 0 Å². The van der Waals surface area contributed by atoms with E-state index in [4.69, 9.17) is 18.9 Å². The summed E-state index contributed by atoms with van der Waals surface area (Å²) in [6, 6.07) is 5.68. The number of hydrogen-bond donors (Lipinski definition) is 0. The second-order valence-corrected chi connectivity index (χ2v) is 4.07. The van der Waals surface area contributed by atoms with E-state index >= 15 is 0 Å². The van der Waals surface area contributed by atoms with Gasteiger partial charge in [-0.1, -0.05) is 0 Å². The molecule has 1 saturated heterocycles. The fourth-order valence-corrected chi connectivity index (χ4v) is 2.11. The molecule has 0 aromatic heterocycles. The molecular weight excluding hydrogens is 220 g/mol. The second-order valence-electron chi connectivity index (χ2n) is 4.07. The Balaban J connectivity index is 2.35. The van der Waals surface area contributed by atoms with Crippen molar-refractivity contribution in [1.82, 2.24) is 0 Å². The van der Waals surface area contributed by atoms with Gasteiger partial charge in [-0.05, 0) is 32.0 Å². The lowest BCUT2D eigenvalue weighted by Gasteiger charge is -2.17. The SMILES string of the molecule is COc1ccc(OC)c([C@@H]2O[C@H](C)O[C@@H]2C)c1. The van der Waals surface area contributed by atoms with Crippen molar-refractivity contribution in [3.05, 3.63) is 23.8 Å². The van der Waals surface area contributed by atoms with Gasteiger partial charge < -0.3 is 18.9 Å². The molecular formula is C13H18O4. The zero-order valence-corrected chi connectivity index (χ0v) is 10.6. The summed E-state index contributed by atoms with van der Waals surface area (Å²) in [6.45, 7) is 3.89. The van der Waals surface area contributed by atoms with Crippen molar-refractivity contribution in [2.45, 2.75) is 32.3 Å². The van der Waals surface area contributed by atoms with Gasteiger partial charge in [0.15, 0.2) is 6.29 Å². The molecule has 1 aliphatic rings. The molecule has 1 heterocycles. The lowest BCUT2D eigenvalue weighted by molar-refractivity contribution is -0.0496. The van der Waals surface area contributed by atoms with Gasteiger partial charge in [0, 0.05) is 5.56 Å². The standard InChI is InChI=1S/C13H18O4/c1-8-13(17-9(2)16-8)11-7-10(14-3)5-6-12(11)15-4/h5-9,13H,1-4H3/t8-,9-,13-/m1/s1. The van der Waals surface area contributed by atoms with Crippen LogP contribution in [-0.2, 0) is 9.47 Å². The highest BCUT2D eigenvalue weighted by atomic mass is 16.7. The molecule has 17 heavy (non-hydrogen) atoms. The summed E-state index contributed by atoms with van der Waals surface area (Å²) in [6.07, 6.45) is -0.299. The predicted molar refractivity (Wildman–Crippen MR) is 63.4 cm³/mol. The maximum atomic E-state index is 5.74. The maximum Gasteiger partial charge on any atom is 0.156 e. The average molecular weight is 238 g/mol. The third-order valence-corrected chi connectivity index (χ3v) is 2.91. The van der Waals surface area contributed by atoms with Crippen LogP contribution in [0.25, 0.3) is 0 Å². The van der Waals surface area contributed by atoms with Crippen LogP contribution in [0.3, 0.4) is 0 Å². The monoisotopic (exact) mass is 238 g/mol. The molecule has 4 nitrogen and oxygen atoms in total. The summed E-state index contributed by atoms with van der Waals surface area (Å²) in [7, 11) is 3.29. The van der Waals surface area contributed by atoms with E-state index in [1.165, 1.54) is 0 Å². The fraction of sp³-hybridized carbons (Fsp3) is 0.538. The van der Waals surface area contributed by atoms with Crippen LogP contribution in [0.4, 0.5) is 0 Å².